The number of nitrogens with zero attached hydrogens (tertiary/aromatic N) is 2. The first-order valence-corrected chi connectivity index (χ1v) is 11.2. The minimum absolute atomic E-state index is 0.136. The highest BCUT2D eigenvalue weighted by atomic mass is 35.5. The van der Waals surface area contributed by atoms with Gasteiger partial charge < -0.3 is 19.5 Å². The summed E-state index contributed by atoms with van der Waals surface area (Å²) in [4.78, 5) is 19.3. The molecule has 3 aromatic rings. The van der Waals surface area contributed by atoms with Crippen LogP contribution in [0.2, 0.25) is 5.02 Å². The summed E-state index contributed by atoms with van der Waals surface area (Å²) in [6.45, 7) is 2.44. The van der Waals surface area contributed by atoms with Crippen LogP contribution in [0.4, 0.5) is 0 Å². The summed E-state index contributed by atoms with van der Waals surface area (Å²) in [7, 11) is 1.57. The monoisotopic (exact) mass is 466 g/mol. The Morgan fingerprint density at radius 1 is 1.24 bits per heavy atom. The number of amides is 1. The van der Waals surface area contributed by atoms with Crippen molar-refractivity contribution in [3.63, 3.8) is 0 Å². The van der Waals surface area contributed by atoms with E-state index in [1.807, 2.05) is 48.5 Å². The Morgan fingerprint density at radius 2 is 2.03 bits per heavy atom. The van der Waals surface area contributed by atoms with Crippen molar-refractivity contribution in [3.8, 4) is 11.5 Å². The lowest BCUT2D eigenvalue weighted by molar-refractivity contribution is 0.0705. The number of hydrogen-bond donors (Lipinski definition) is 1. The molecule has 1 amide bonds. The van der Waals surface area contributed by atoms with E-state index in [1.54, 1.807) is 24.3 Å². The highest BCUT2D eigenvalue weighted by Crippen LogP contribution is 2.44. The number of carbonyl (C=O) groups is 1. The standard InChI is InChI=1S/C26H27ClN2O4/c1-26(15-18-6-8-21(27)9-7-18)16-20-13-19(14-23(32-2)24(20)33-26)25(31)29(11-12-30)17-22-5-3-4-10-28-22/h3-10,13-14,30H,11-12,15-17H2,1-2H3. The number of carbonyl (C=O) groups excluding carboxylic acids is 1. The topological polar surface area (TPSA) is 71.9 Å². The van der Waals surface area contributed by atoms with Gasteiger partial charge in [0.1, 0.15) is 5.60 Å². The minimum atomic E-state index is -0.468. The van der Waals surface area contributed by atoms with E-state index in [2.05, 4.69) is 11.9 Å². The molecular weight excluding hydrogens is 440 g/mol. The van der Waals surface area contributed by atoms with E-state index in [1.165, 1.54) is 0 Å². The first-order valence-electron chi connectivity index (χ1n) is 10.9. The summed E-state index contributed by atoms with van der Waals surface area (Å²) in [5, 5.41) is 10.2. The maximum atomic E-state index is 13.4. The zero-order chi connectivity index (χ0) is 23.4. The second kappa shape index (κ2) is 9.81. The molecule has 1 aromatic heterocycles. The van der Waals surface area contributed by atoms with Crippen molar-refractivity contribution in [3.05, 3.63) is 88.2 Å². The third kappa shape index (κ3) is 5.29. The second-order valence-corrected chi connectivity index (χ2v) is 8.91. The van der Waals surface area contributed by atoms with E-state index in [0.29, 0.717) is 41.5 Å². The molecule has 2 aromatic carbocycles. The van der Waals surface area contributed by atoms with Crippen molar-refractivity contribution in [1.82, 2.24) is 9.88 Å². The van der Waals surface area contributed by atoms with Crippen LogP contribution in [0.5, 0.6) is 11.5 Å². The summed E-state index contributed by atoms with van der Waals surface area (Å²) in [5.41, 5.74) is 2.83. The van der Waals surface area contributed by atoms with Gasteiger partial charge in [-0.25, -0.2) is 0 Å². The van der Waals surface area contributed by atoms with Gasteiger partial charge in [0.25, 0.3) is 5.91 Å². The van der Waals surface area contributed by atoms with E-state index in [-0.39, 0.29) is 19.1 Å². The largest absolute Gasteiger partial charge is 0.493 e. The maximum absolute atomic E-state index is 13.4. The number of benzene rings is 2. The van der Waals surface area contributed by atoms with Crippen LogP contribution >= 0.6 is 11.6 Å². The van der Waals surface area contributed by atoms with Crippen LogP contribution in [0.15, 0.2) is 60.8 Å². The molecule has 172 valence electrons. The van der Waals surface area contributed by atoms with Crippen molar-refractivity contribution < 1.29 is 19.4 Å². The van der Waals surface area contributed by atoms with Gasteiger partial charge in [0, 0.05) is 41.7 Å². The SMILES string of the molecule is COc1cc(C(=O)N(CCO)Cc2ccccn2)cc2c1OC(C)(Cc1ccc(Cl)cc1)C2. The zero-order valence-corrected chi connectivity index (χ0v) is 19.5. The Hall–Kier alpha value is -3.09. The molecule has 0 spiro atoms. The van der Waals surface area contributed by atoms with Crippen LogP contribution in [0.25, 0.3) is 0 Å². The molecule has 0 saturated heterocycles. The van der Waals surface area contributed by atoms with E-state index in [9.17, 15) is 9.90 Å². The van der Waals surface area contributed by atoms with Crippen LogP contribution in [0.3, 0.4) is 0 Å². The summed E-state index contributed by atoms with van der Waals surface area (Å²) in [6, 6.07) is 16.9. The number of aromatic nitrogens is 1. The van der Waals surface area contributed by atoms with Crippen molar-refractivity contribution in [2.75, 3.05) is 20.3 Å². The number of halogens is 1. The van der Waals surface area contributed by atoms with E-state index >= 15 is 0 Å². The average molecular weight is 467 g/mol. The highest BCUT2D eigenvalue weighted by molar-refractivity contribution is 6.30. The van der Waals surface area contributed by atoms with Gasteiger partial charge in [0.05, 0.1) is 26.0 Å². The second-order valence-electron chi connectivity index (χ2n) is 8.47. The van der Waals surface area contributed by atoms with E-state index in [4.69, 9.17) is 21.1 Å². The molecule has 4 rings (SSSR count). The van der Waals surface area contributed by atoms with Crippen LogP contribution in [-0.4, -0.2) is 46.8 Å². The Kier molecular flexibility index (Phi) is 6.86. The fourth-order valence-electron chi connectivity index (χ4n) is 4.24. The molecule has 1 aliphatic rings. The first kappa shape index (κ1) is 23.1. The molecular formula is C26H27ClN2O4. The van der Waals surface area contributed by atoms with Crippen LogP contribution in [-0.2, 0) is 19.4 Å². The van der Waals surface area contributed by atoms with E-state index in [0.717, 1.165) is 16.8 Å². The Labute approximate surface area is 198 Å². The molecule has 2 heterocycles. The number of aliphatic hydroxyl groups excluding tert-OH is 1. The van der Waals surface area contributed by atoms with Crippen molar-refractivity contribution in [2.24, 2.45) is 0 Å². The van der Waals surface area contributed by atoms with Crippen molar-refractivity contribution in [1.29, 1.82) is 0 Å². The van der Waals surface area contributed by atoms with Gasteiger partial charge in [-0.1, -0.05) is 29.8 Å². The van der Waals surface area contributed by atoms with Gasteiger partial charge in [-0.15, -0.1) is 0 Å². The smallest absolute Gasteiger partial charge is 0.254 e. The highest BCUT2D eigenvalue weighted by Gasteiger charge is 2.38. The lowest BCUT2D eigenvalue weighted by Crippen LogP contribution is -2.33. The number of methoxy groups -OCH3 is 1. The molecule has 1 N–H and O–H groups in total. The third-order valence-corrected chi connectivity index (χ3v) is 5.99. The summed E-state index contributed by atoms with van der Waals surface area (Å²) < 4.78 is 11.9. The number of pyridine rings is 1. The fraction of sp³-hybridized carbons (Fsp3) is 0.308. The predicted octanol–water partition coefficient (Wildman–Crippen LogP) is 4.31. The third-order valence-electron chi connectivity index (χ3n) is 5.74. The molecule has 0 radical (unpaired) electrons. The average Bonchev–Trinajstić information content (AvgIpc) is 3.15. The minimum Gasteiger partial charge on any atom is -0.493 e. The quantitative estimate of drug-likeness (QED) is 0.535. The molecule has 0 bridgehead atoms. The molecule has 0 fully saturated rings. The molecule has 6 nitrogen and oxygen atoms in total. The molecule has 0 aliphatic carbocycles. The van der Waals surface area contributed by atoms with E-state index < -0.39 is 5.60 Å². The molecule has 1 unspecified atom stereocenters. The number of hydrogen-bond acceptors (Lipinski definition) is 5. The lowest BCUT2D eigenvalue weighted by Gasteiger charge is -2.24. The van der Waals surface area contributed by atoms with Gasteiger partial charge in [-0.3, -0.25) is 9.78 Å². The Bertz CT molecular complexity index is 1120. The Morgan fingerprint density at radius 3 is 2.70 bits per heavy atom. The van der Waals surface area contributed by atoms with Gasteiger partial charge in [0.2, 0.25) is 0 Å². The number of ether oxygens (including phenoxy) is 2. The van der Waals surface area contributed by atoms with Crippen LogP contribution < -0.4 is 9.47 Å². The summed E-state index contributed by atoms with van der Waals surface area (Å²) in [6.07, 6.45) is 3.03. The molecule has 33 heavy (non-hydrogen) atoms. The molecule has 0 saturated carbocycles. The van der Waals surface area contributed by atoms with Crippen LogP contribution in [0, 0.1) is 0 Å². The van der Waals surface area contributed by atoms with Crippen molar-refractivity contribution in [2.45, 2.75) is 31.9 Å². The number of aliphatic hydroxyl groups is 1. The zero-order valence-electron chi connectivity index (χ0n) is 18.8. The normalized spacial score (nSPS) is 16.7. The van der Waals surface area contributed by atoms with Gasteiger partial charge in [0.15, 0.2) is 11.5 Å². The number of fused-ring (bicyclic) bond motifs is 1. The van der Waals surface area contributed by atoms with Gasteiger partial charge in [-0.2, -0.15) is 0 Å². The van der Waals surface area contributed by atoms with Gasteiger partial charge in [-0.05, 0) is 48.9 Å². The summed E-state index contributed by atoms with van der Waals surface area (Å²) in [5.74, 6) is 1.00. The first-order chi connectivity index (χ1) is 15.9. The van der Waals surface area contributed by atoms with Gasteiger partial charge >= 0.3 is 0 Å². The maximum Gasteiger partial charge on any atom is 0.254 e. The Balaban J connectivity index is 1.58. The number of rotatable bonds is 8. The van der Waals surface area contributed by atoms with Crippen molar-refractivity contribution >= 4 is 17.5 Å². The fourth-order valence-corrected chi connectivity index (χ4v) is 4.37. The van der Waals surface area contributed by atoms with Crippen LogP contribution in [0.1, 0.15) is 34.1 Å². The lowest BCUT2D eigenvalue weighted by atomic mass is 9.91. The molecule has 7 heteroatoms. The molecule has 1 aliphatic heterocycles. The predicted molar refractivity (Wildman–Crippen MR) is 127 cm³/mol. The summed E-state index contributed by atoms with van der Waals surface area (Å²) >= 11 is 6.02. The molecule has 1 atom stereocenters.